The third-order valence-corrected chi connectivity index (χ3v) is 4.11. The van der Waals surface area contributed by atoms with Crippen LogP contribution in [-0.4, -0.2) is 24.5 Å². The number of anilines is 1. The van der Waals surface area contributed by atoms with Gasteiger partial charge in [-0.05, 0) is 42.2 Å². The number of carbonyl (C=O) groups excluding carboxylic acids is 2. The first-order valence-corrected chi connectivity index (χ1v) is 8.97. The third kappa shape index (κ3) is 5.97. The van der Waals surface area contributed by atoms with E-state index in [1.54, 1.807) is 6.07 Å². The van der Waals surface area contributed by atoms with E-state index in [0.29, 0.717) is 11.8 Å². The van der Waals surface area contributed by atoms with E-state index in [0.717, 1.165) is 11.6 Å². The van der Waals surface area contributed by atoms with Gasteiger partial charge < -0.3 is 15.4 Å². The second-order valence-electron chi connectivity index (χ2n) is 7.53. The van der Waals surface area contributed by atoms with E-state index < -0.39 is 47.6 Å². The lowest BCUT2D eigenvalue weighted by atomic mass is 9.87. The van der Waals surface area contributed by atoms with Crippen LogP contribution in [0.15, 0.2) is 36.4 Å². The van der Waals surface area contributed by atoms with Crippen molar-refractivity contribution in [2.75, 3.05) is 11.9 Å². The molecule has 2 aromatic rings. The number of carbonyl (C=O) groups is 2. The molecule has 29 heavy (non-hydrogen) atoms. The number of rotatable bonds is 6. The fourth-order valence-electron chi connectivity index (χ4n) is 2.42. The average molecular weight is 408 g/mol. The zero-order valence-corrected chi connectivity index (χ0v) is 16.6. The van der Waals surface area contributed by atoms with Crippen LogP contribution in [0.25, 0.3) is 0 Å². The minimum Gasteiger partial charge on any atom is -0.481 e. The van der Waals surface area contributed by atoms with E-state index in [9.17, 15) is 22.8 Å². The summed E-state index contributed by atoms with van der Waals surface area (Å²) in [5.41, 5.74) is 0.430. The van der Waals surface area contributed by atoms with Gasteiger partial charge in [0.15, 0.2) is 23.6 Å². The second kappa shape index (κ2) is 8.98. The Morgan fingerprint density at radius 2 is 1.76 bits per heavy atom. The van der Waals surface area contributed by atoms with Crippen molar-refractivity contribution in [1.82, 2.24) is 5.32 Å². The number of ether oxygens (including phenoxy) is 1. The summed E-state index contributed by atoms with van der Waals surface area (Å²) in [6, 6.07) is 8.92. The first-order valence-electron chi connectivity index (χ1n) is 8.97. The van der Waals surface area contributed by atoms with E-state index in [2.05, 4.69) is 31.4 Å². The van der Waals surface area contributed by atoms with Crippen LogP contribution in [0.2, 0.25) is 0 Å². The molecule has 2 rings (SSSR count). The maximum Gasteiger partial charge on any atom is 0.261 e. The molecular formula is C21H23F3N2O3. The van der Waals surface area contributed by atoms with Gasteiger partial charge in [-0.2, -0.15) is 0 Å². The third-order valence-electron chi connectivity index (χ3n) is 4.11. The van der Waals surface area contributed by atoms with Crippen LogP contribution in [0.3, 0.4) is 0 Å². The van der Waals surface area contributed by atoms with Gasteiger partial charge in [0.2, 0.25) is 5.91 Å². The van der Waals surface area contributed by atoms with Gasteiger partial charge in [0.05, 0.1) is 12.2 Å². The van der Waals surface area contributed by atoms with E-state index in [-0.39, 0.29) is 5.41 Å². The Kier molecular flexibility index (Phi) is 6.89. The summed E-state index contributed by atoms with van der Waals surface area (Å²) in [5.74, 6) is -5.42. The Balaban J connectivity index is 1.90. The lowest BCUT2D eigenvalue weighted by Gasteiger charge is -2.21. The SMILES string of the molecule is CC(Oc1cccc(C(C)(C)C)c1)C(=O)NCC(=O)Nc1ccc(F)c(F)c1F. The number of benzene rings is 2. The van der Waals surface area contributed by atoms with E-state index in [4.69, 9.17) is 4.74 Å². The molecule has 0 heterocycles. The van der Waals surface area contributed by atoms with E-state index >= 15 is 0 Å². The van der Waals surface area contributed by atoms with Crippen molar-refractivity contribution in [3.8, 4) is 5.75 Å². The highest BCUT2D eigenvalue weighted by Gasteiger charge is 2.19. The molecule has 156 valence electrons. The van der Waals surface area contributed by atoms with Crippen LogP contribution >= 0.6 is 0 Å². The van der Waals surface area contributed by atoms with Gasteiger partial charge in [-0.25, -0.2) is 13.2 Å². The van der Waals surface area contributed by atoms with Crippen molar-refractivity contribution in [1.29, 1.82) is 0 Å². The lowest BCUT2D eigenvalue weighted by Crippen LogP contribution is -2.40. The molecular weight excluding hydrogens is 385 g/mol. The maximum atomic E-state index is 13.6. The number of hydrogen-bond donors (Lipinski definition) is 2. The van der Waals surface area contributed by atoms with Crippen molar-refractivity contribution in [2.45, 2.75) is 39.2 Å². The van der Waals surface area contributed by atoms with Crippen LogP contribution in [0.1, 0.15) is 33.3 Å². The van der Waals surface area contributed by atoms with Crippen molar-refractivity contribution in [3.05, 3.63) is 59.4 Å². The summed E-state index contributed by atoms with van der Waals surface area (Å²) < 4.78 is 45.3. The van der Waals surface area contributed by atoms with Gasteiger partial charge in [-0.1, -0.05) is 32.9 Å². The topological polar surface area (TPSA) is 67.4 Å². The van der Waals surface area contributed by atoms with Crippen LogP contribution in [0, 0.1) is 17.5 Å². The van der Waals surface area contributed by atoms with Gasteiger partial charge >= 0.3 is 0 Å². The molecule has 0 spiro atoms. The summed E-state index contributed by atoms with van der Waals surface area (Å²) in [6.07, 6.45) is -0.891. The molecule has 2 amide bonds. The van der Waals surface area contributed by atoms with Gasteiger partial charge in [-0.15, -0.1) is 0 Å². The van der Waals surface area contributed by atoms with Crippen molar-refractivity contribution >= 4 is 17.5 Å². The monoisotopic (exact) mass is 408 g/mol. The zero-order chi connectivity index (χ0) is 21.8. The number of hydrogen-bond acceptors (Lipinski definition) is 3. The van der Waals surface area contributed by atoms with Gasteiger partial charge in [0, 0.05) is 0 Å². The summed E-state index contributed by atoms with van der Waals surface area (Å²) in [6.45, 7) is 7.18. The number of amides is 2. The Hall–Kier alpha value is -3.03. The molecule has 5 nitrogen and oxygen atoms in total. The molecule has 0 aliphatic carbocycles. The van der Waals surface area contributed by atoms with Crippen molar-refractivity contribution in [2.24, 2.45) is 0 Å². The Morgan fingerprint density at radius 3 is 2.41 bits per heavy atom. The van der Waals surface area contributed by atoms with Gasteiger partial charge in [0.1, 0.15) is 5.75 Å². The molecule has 0 fully saturated rings. The molecule has 2 N–H and O–H groups in total. The average Bonchev–Trinajstić information content (AvgIpc) is 2.66. The molecule has 0 radical (unpaired) electrons. The lowest BCUT2D eigenvalue weighted by molar-refractivity contribution is -0.129. The summed E-state index contributed by atoms with van der Waals surface area (Å²) in [7, 11) is 0. The molecule has 1 atom stereocenters. The molecule has 1 unspecified atom stereocenters. The summed E-state index contributed by atoms with van der Waals surface area (Å²) >= 11 is 0. The fraction of sp³-hybridized carbons (Fsp3) is 0.333. The van der Waals surface area contributed by atoms with Gasteiger partial charge in [-0.3, -0.25) is 9.59 Å². The smallest absolute Gasteiger partial charge is 0.261 e. The molecule has 0 bridgehead atoms. The highest BCUT2D eigenvalue weighted by atomic mass is 19.2. The minimum absolute atomic E-state index is 0.0853. The Bertz CT molecular complexity index is 911. The Morgan fingerprint density at radius 1 is 1.07 bits per heavy atom. The molecule has 0 aromatic heterocycles. The van der Waals surface area contributed by atoms with Crippen LogP contribution < -0.4 is 15.4 Å². The van der Waals surface area contributed by atoms with Gasteiger partial charge in [0.25, 0.3) is 5.91 Å². The first kappa shape index (κ1) is 22.3. The van der Waals surface area contributed by atoms with Crippen LogP contribution in [-0.2, 0) is 15.0 Å². The molecule has 0 aliphatic heterocycles. The molecule has 0 aliphatic rings. The summed E-state index contributed by atoms with van der Waals surface area (Å²) in [4.78, 5) is 24.0. The van der Waals surface area contributed by atoms with Crippen LogP contribution in [0.5, 0.6) is 5.75 Å². The normalized spacial score (nSPS) is 12.2. The highest BCUT2D eigenvalue weighted by molar-refractivity contribution is 5.95. The standard InChI is InChI=1S/C21H23F3N2O3/c1-12(29-14-7-5-6-13(10-14)21(2,3)4)20(28)25-11-17(27)26-16-9-8-15(22)18(23)19(16)24/h5-10,12H,11H2,1-4H3,(H,25,28)(H,26,27). The molecule has 8 heteroatoms. The first-order chi connectivity index (χ1) is 13.5. The zero-order valence-electron chi connectivity index (χ0n) is 16.6. The quantitative estimate of drug-likeness (QED) is 0.712. The summed E-state index contributed by atoms with van der Waals surface area (Å²) in [5, 5.41) is 4.42. The molecule has 2 aromatic carbocycles. The fourth-order valence-corrected chi connectivity index (χ4v) is 2.42. The van der Waals surface area contributed by atoms with Crippen LogP contribution in [0.4, 0.5) is 18.9 Å². The molecule has 0 saturated heterocycles. The predicted molar refractivity (Wildman–Crippen MR) is 103 cm³/mol. The predicted octanol–water partition coefficient (Wildman–Crippen LogP) is 3.92. The maximum absolute atomic E-state index is 13.6. The van der Waals surface area contributed by atoms with Crippen molar-refractivity contribution < 1.29 is 27.5 Å². The van der Waals surface area contributed by atoms with E-state index in [1.165, 1.54) is 6.92 Å². The Labute approximate surface area is 167 Å². The minimum atomic E-state index is -1.69. The van der Waals surface area contributed by atoms with Crippen molar-refractivity contribution in [3.63, 3.8) is 0 Å². The van der Waals surface area contributed by atoms with E-state index in [1.807, 2.05) is 18.2 Å². The largest absolute Gasteiger partial charge is 0.481 e. The molecule has 0 saturated carbocycles. The number of halogens is 3. The second-order valence-corrected chi connectivity index (χ2v) is 7.53. The number of nitrogens with one attached hydrogen (secondary N) is 2. The highest BCUT2D eigenvalue weighted by Crippen LogP contribution is 2.26.